The van der Waals surface area contributed by atoms with Gasteiger partial charge >= 0.3 is 0 Å². The Morgan fingerprint density at radius 1 is 0.424 bits per heavy atom. The van der Waals surface area contributed by atoms with Crippen LogP contribution >= 0.6 is 0 Å². The largest absolute Gasteiger partial charge is 0.507 e. The molecule has 10 aromatic rings. The molecule has 5 heteroatoms. The molecular weight excluding hydrogens is 805 g/mol. The molecule has 0 aliphatic rings. The van der Waals surface area contributed by atoms with Crippen LogP contribution in [0.3, 0.4) is 0 Å². The predicted octanol–water partition coefficient (Wildman–Crippen LogP) is 16.1. The lowest BCUT2D eigenvalue weighted by Gasteiger charge is -2.22. The number of hydrogen-bond acceptors (Lipinski definition) is 4. The van der Waals surface area contributed by atoms with Gasteiger partial charge in [0.25, 0.3) is 0 Å². The van der Waals surface area contributed by atoms with Crippen LogP contribution in [0.25, 0.3) is 94.4 Å². The third-order valence-corrected chi connectivity index (χ3v) is 13.1. The topological polar surface area (TPSA) is 63.8 Å². The highest BCUT2D eigenvalue weighted by Gasteiger charge is 2.25. The van der Waals surface area contributed by atoms with Crippen LogP contribution in [0.2, 0.25) is 0 Å². The van der Waals surface area contributed by atoms with E-state index in [0.717, 1.165) is 77.8 Å². The average Bonchev–Trinajstić information content (AvgIpc) is 3.69. The zero-order valence-electron chi connectivity index (χ0n) is 39.4. The Labute approximate surface area is 388 Å². The minimum Gasteiger partial charge on any atom is -0.507 e. The van der Waals surface area contributed by atoms with Gasteiger partial charge in [-0.2, -0.15) is 0 Å². The van der Waals surface area contributed by atoms with Crippen molar-refractivity contribution in [2.45, 2.75) is 78.6 Å². The molecule has 66 heavy (non-hydrogen) atoms. The molecule has 0 aliphatic carbocycles. The first kappa shape index (κ1) is 42.6. The van der Waals surface area contributed by atoms with Crippen molar-refractivity contribution in [3.05, 3.63) is 187 Å². The van der Waals surface area contributed by atoms with Crippen molar-refractivity contribution in [1.29, 1.82) is 0 Å². The maximum absolute atomic E-state index is 11.8. The van der Waals surface area contributed by atoms with Crippen LogP contribution in [0, 0.1) is 0 Å². The summed E-state index contributed by atoms with van der Waals surface area (Å²) < 4.78 is 2.24. The summed E-state index contributed by atoms with van der Waals surface area (Å²) >= 11 is 0. The summed E-state index contributed by atoms with van der Waals surface area (Å²) in [5, 5.41) is 15.2. The van der Waals surface area contributed by atoms with Crippen molar-refractivity contribution in [2.24, 2.45) is 0 Å². The number of phenols is 1. The number of benzene rings is 7. The van der Waals surface area contributed by atoms with Crippen LogP contribution in [-0.4, -0.2) is 24.6 Å². The highest BCUT2D eigenvalue weighted by atomic mass is 16.3. The van der Waals surface area contributed by atoms with Crippen LogP contribution in [0.15, 0.2) is 170 Å². The molecule has 0 bridgehead atoms. The fourth-order valence-corrected chi connectivity index (χ4v) is 9.17. The van der Waals surface area contributed by atoms with Gasteiger partial charge in [0.15, 0.2) is 0 Å². The third kappa shape index (κ3) is 7.83. The molecule has 5 nitrogen and oxygen atoms in total. The minimum absolute atomic E-state index is 0.0215. The highest BCUT2D eigenvalue weighted by Crippen LogP contribution is 2.44. The summed E-state index contributed by atoms with van der Waals surface area (Å²) in [6.07, 6.45) is 3.75. The second-order valence-electron chi connectivity index (χ2n) is 20.8. The number of pyridine rings is 2. The van der Waals surface area contributed by atoms with E-state index in [0.29, 0.717) is 11.4 Å². The van der Waals surface area contributed by atoms with Crippen LogP contribution in [0.5, 0.6) is 5.75 Å². The molecule has 0 radical (unpaired) electrons. The molecule has 0 aliphatic heterocycles. The molecule has 1 N–H and O–H groups in total. The highest BCUT2D eigenvalue weighted by molar-refractivity contribution is 6.04. The summed E-state index contributed by atoms with van der Waals surface area (Å²) in [6.45, 7) is 20.1. The van der Waals surface area contributed by atoms with E-state index in [1.165, 1.54) is 21.9 Å². The van der Waals surface area contributed by atoms with Crippen molar-refractivity contribution in [3.63, 3.8) is 0 Å². The lowest BCUT2D eigenvalue weighted by atomic mass is 9.83. The van der Waals surface area contributed by atoms with Gasteiger partial charge in [0.2, 0.25) is 0 Å². The number of aromatic nitrogens is 4. The van der Waals surface area contributed by atoms with Crippen molar-refractivity contribution in [1.82, 2.24) is 19.5 Å². The van der Waals surface area contributed by atoms with Crippen LogP contribution in [-0.2, 0) is 16.2 Å². The molecule has 10 rings (SSSR count). The predicted molar refractivity (Wildman–Crippen MR) is 277 cm³/mol. The number of nitrogens with zero attached hydrogens (tertiary/aromatic N) is 4. The monoisotopic (exact) mass is 860 g/mol. The Bertz CT molecular complexity index is 3470. The van der Waals surface area contributed by atoms with Gasteiger partial charge in [-0.3, -0.25) is 14.5 Å². The Morgan fingerprint density at radius 3 is 1.79 bits per heavy atom. The second kappa shape index (κ2) is 16.0. The van der Waals surface area contributed by atoms with Crippen LogP contribution < -0.4 is 0 Å². The Kier molecular flexibility index (Phi) is 10.3. The standard InChI is InChI=1S/C61H56N4O/c1-59(2,3)44-22-25-47(26-23-44)65-54-34-43(40-21-20-38-15-10-11-16-39(38)31-40)33-49(57(54)64-58(65)52-35-45(60(4,5)6)24-27-55(52)66)41-17-14-18-42(32-41)50-36-46(61(7,8)9)37-51-48(28-30-63-56(50)51)53-19-12-13-29-62-53/h10-37,66H,1-9H3. The minimum atomic E-state index is -0.149. The van der Waals surface area contributed by atoms with Gasteiger partial charge in [0.1, 0.15) is 11.6 Å². The van der Waals surface area contributed by atoms with E-state index < -0.39 is 0 Å². The lowest BCUT2D eigenvalue weighted by Crippen LogP contribution is -2.11. The first-order chi connectivity index (χ1) is 31.5. The lowest BCUT2D eigenvalue weighted by molar-refractivity contribution is 0.475. The van der Waals surface area contributed by atoms with Gasteiger partial charge in [-0.1, -0.05) is 141 Å². The quantitative estimate of drug-likeness (QED) is 0.181. The molecule has 3 heterocycles. The number of aromatic hydroxyl groups is 1. The molecule has 0 saturated heterocycles. The Balaban J connectivity index is 1.27. The maximum Gasteiger partial charge on any atom is 0.149 e. The Morgan fingerprint density at radius 2 is 1.09 bits per heavy atom. The molecule has 0 atom stereocenters. The van der Waals surface area contributed by atoms with Crippen molar-refractivity contribution in [3.8, 4) is 67.5 Å². The van der Waals surface area contributed by atoms with Crippen molar-refractivity contribution >= 4 is 32.7 Å². The van der Waals surface area contributed by atoms with Gasteiger partial charge in [-0.05, 0) is 145 Å². The van der Waals surface area contributed by atoms with E-state index in [2.05, 4.69) is 200 Å². The van der Waals surface area contributed by atoms with Gasteiger partial charge in [0, 0.05) is 40.2 Å². The second-order valence-corrected chi connectivity index (χ2v) is 20.8. The van der Waals surface area contributed by atoms with E-state index in [4.69, 9.17) is 15.0 Å². The number of hydrogen-bond donors (Lipinski definition) is 1. The van der Waals surface area contributed by atoms with Crippen molar-refractivity contribution in [2.75, 3.05) is 0 Å². The smallest absolute Gasteiger partial charge is 0.149 e. The fraction of sp³-hybridized carbons (Fsp3) is 0.197. The molecule has 3 aromatic heterocycles. The number of phenolic OH excluding ortho intramolecular Hbond substituents is 1. The first-order valence-electron chi connectivity index (χ1n) is 23.0. The van der Waals surface area contributed by atoms with E-state index in [9.17, 15) is 5.11 Å². The fourth-order valence-electron chi connectivity index (χ4n) is 9.17. The number of imidazole rings is 1. The first-order valence-corrected chi connectivity index (χ1v) is 23.0. The molecule has 0 spiro atoms. The zero-order valence-corrected chi connectivity index (χ0v) is 39.4. The van der Waals surface area contributed by atoms with Gasteiger partial charge in [-0.15, -0.1) is 0 Å². The summed E-state index contributed by atoms with van der Waals surface area (Å²) in [5.74, 6) is 0.868. The third-order valence-electron chi connectivity index (χ3n) is 13.1. The molecule has 7 aromatic carbocycles. The van der Waals surface area contributed by atoms with E-state index in [-0.39, 0.29) is 22.0 Å². The summed E-state index contributed by atoms with van der Waals surface area (Å²) in [5.41, 5.74) is 16.0. The number of fused-ring (bicyclic) bond motifs is 3. The number of rotatable bonds is 6. The zero-order chi connectivity index (χ0) is 46.1. The molecular formula is C61H56N4O. The molecule has 0 unspecified atom stereocenters. The van der Waals surface area contributed by atoms with Gasteiger partial charge in [0.05, 0.1) is 27.8 Å². The summed E-state index contributed by atoms with van der Waals surface area (Å²) in [7, 11) is 0. The normalized spacial score (nSPS) is 12.4. The van der Waals surface area contributed by atoms with Gasteiger partial charge in [-0.25, -0.2) is 4.98 Å². The molecule has 0 amide bonds. The average molecular weight is 861 g/mol. The summed E-state index contributed by atoms with van der Waals surface area (Å²) in [4.78, 5) is 15.4. The van der Waals surface area contributed by atoms with Crippen molar-refractivity contribution < 1.29 is 5.11 Å². The summed E-state index contributed by atoms with van der Waals surface area (Å²) in [6, 6.07) is 56.1. The van der Waals surface area contributed by atoms with E-state index >= 15 is 0 Å². The van der Waals surface area contributed by atoms with Crippen LogP contribution in [0.4, 0.5) is 0 Å². The van der Waals surface area contributed by atoms with E-state index in [1.54, 1.807) is 0 Å². The van der Waals surface area contributed by atoms with Crippen LogP contribution in [0.1, 0.15) is 79.0 Å². The van der Waals surface area contributed by atoms with Gasteiger partial charge < -0.3 is 5.11 Å². The Hall–Kier alpha value is -7.37. The SMILES string of the molecule is CC(C)(C)c1ccc(-n2c(-c3cc(C(C)(C)C)ccc3O)nc3c(-c4cccc(-c5cc(C(C)(C)C)cc6c(-c7ccccn7)ccnc56)c4)cc(-c4ccc5ccccc5c4)cc32)cc1. The van der Waals surface area contributed by atoms with E-state index in [1.807, 2.05) is 36.7 Å². The molecule has 0 saturated carbocycles. The maximum atomic E-state index is 11.8. The molecule has 326 valence electrons. The molecule has 0 fully saturated rings.